The Bertz CT molecular complexity index is 1450. The highest BCUT2D eigenvalue weighted by Crippen LogP contribution is 2.44. The van der Waals surface area contributed by atoms with Crippen LogP contribution in [0.25, 0.3) is 11.1 Å². The first-order valence-corrected chi connectivity index (χ1v) is 13.6. The lowest BCUT2D eigenvalue weighted by Crippen LogP contribution is -2.44. The summed E-state index contributed by atoms with van der Waals surface area (Å²) in [6.45, 7) is 8.15. The molecule has 2 atom stereocenters. The molecule has 0 N–H and O–H groups in total. The number of hydrogen-bond acceptors (Lipinski definition) is 8. The molecule has 2 aliphatic heterocycles. The first kappa shape index (κ1) is 26.5. The van der Waals surface area contributed by atoms with E-state index in [1.54, 1.807) is 12.1 Å². The molecule has 0 radical (unpaired) electrons. The van der Waals surface area contributed by atoms with Crippen molar-refractivity contribution in [3.8, 4) is 28.6 Å². The quantitative estimate of drug-likeness (QED) is 0.345. The average Bonchev–Trinajstić information content (AvgIpc) is 3.49. The fraction of sp³-hybridized carbons (Fsp3) is 0.452. The molecule has 40 heavy (non-hydrogen) atoms. The molecule has 9 heteroatoms. The summed E-state index contributed by atoms with van der Waals surface area (Å²) in [5.41, 5.74) is 5.93. The van der Waals surface area contributed by atoms with Crippen LogP contribution in [-0.4, -0.2) is 49.5 Å². The molecule has 6 rings (SSSR count). The summed E-state index contributed by atoms with van der Waals surface area (Å²) < 4.78 is 43.2. The Morgan fingerprint density at radius 3 is 2.60 bits per heavy atom. The number of rotatable bonds is 8. The summed E-state index contributed by atoms with van der Waals surface area (Å²) in [7, 11) is 1.39. The summed E-state index contributed by atoms with van der Waals surface area (Å²) in [6, 6.07) is 9.13. The van der Waals surface area contributed by atoms with Gasteiger partial charge in [0.15, 0.2) is 0 Å². The number of aromatic nitrogens is 2. The van der Waals surface area contributed by atoms with Gasteiger partial charge in [-0.2, -0.15) is 9.97 Å². The van der Waals surface area contributed by atoms with E-state index >= 15 is 4.39 Å². The van der Waals surface area contributed by atoms with E-state index in [1.807, 2.05) is 32.0 Å². The molecule has 3 aliphatic rings. The second-order valence-electron chi connectivity index (χ2n) is 11.3. The van der Waals surface area contributed by atoms with Crippen molar-refractivity contribution in [2.45, 2.75) is 52.1 Å². The Morgan fingerprint density at radius 2 is 1.90 bits per heavy atom. The average molecular weight is 549 g/mol. The first-order valence-electron chi connectivity index (χ1n) is 13.6. The van der Waals surface area contributed by atoms with Crippen LogP contribution in [0.1, 0.15) is 59.9 Å². The molecule has 0 saturated carbocycles. The summed E-state index contributed by atoms with van der Waals surface area (Å²) in [4.78, 5) is 20.9. The molecule has 3 aromatic rings. The molecule has 0 amide bonds. The normalized spacial score (nSPS) is 20.2. The van der Waals surface area contributed by atoms with E-state index in [0.717, 1.165) is 52.0 Å². The van der Waals surface area contributed by atoms with Crippen LogP contribution in [0.5, 0.6) is 17.5 Å². The number of fused-ring (bicyclic) bond motifs is 2. The third kappa shape index (κ3) is 4.98. The van der Waals surface area contributed by atoms with Gasteiger partial charge in [-0.3, -0.25) is 4.79 Å². The summed E-state index contributed by atoms with van der Waals surface area (Å²) in [5, 5.41) is 0. The van der Waals surface area contributed by atoms with Crippen molar-refractivity contribution in [1.29, 1.82) is 0 Å². The lowest BCUT2D eigenvalue weighted by molar-refractivity contribution is -0.141. The molecule has 1 aromatic heterocycles. The molecule has 1 saturated heterocycles. The third-order valence-electron chi connectivity index (χ3n) is 8.01. The van der Waals surface area contributed by atoms with Crippen molar-refractivity contribution in [2.24, 2.45) is 5.41 Å². The standard InChI is InChI=1S/C31H33FN2O6/c1-17-29(18(2)34-30(33-17)39-16-31(3)14-37-15-31)25-11-20(32)10-24-23(25)7-8-26(24)40-21-5-6-22-19(9-28(35)36-4)13-38-27(22)12-21/h5-6,10-12,19,26H,7-9,13-16H2,1-4H3/t19?,26-/m1/s1. The van der Waals surface area contributed by atoms with Crippen LogP contribution in [0, 0.1) is 25.1 Å². The van der Waals surface area contributed by atoms with Crippen molar-refractivity contribution in [3.63, 3.8) is 0 Å². The molecule has 1 unspecified atom stereocenters. The molecule has 1 fully saturated rings. The van der Waals surface area contributed by atoms with Crippen LogP contribution in [0.15, 0.2) is 30.3 Å². The largest absolute Gasteiger partial charge is 0.492 e. The SMILES string of the molecule is COC(=O)CC1COc2cc(O[C@@H]3CCc4c(-c5c(C)nc(OCC6(C)COC6)nc5C)cc(F)cc43)ccc21. The molecule has 3 heterocycles. The Morgan fingerprint density at radius 1 is 1.12 bits per heavy atom. The van der Waals surface area contributed by atoms with E-state index in [4.69, 9.17) is 23.7 Å². The van der Waals surface area contributed by atoms with Crippen LogP contribution in [-0.2, 0) is 20.7 Å². The lowest BCUT2D eigenvalue weighted by atomic mass is 9.90. The Kier molecular flexibility index (Phi) is 6.86. The van der Waals surface area contributed by atoms with Crippen LogP contribution >= 0.6 is 0 Å². The molecule has 210 valence electrons. The maximum Gasteiger partial charge on any atom is 0.316 e. The number of ether oxygens (including phenoxy) is 5. The predicted molar refractivity (Wildman–Crippen MR) is 144 cm³/mol. The van der Waals surface area contributed by atoms with Gasteiger partial charge >= 0.3 is 12.0 Å². The van der Waals surface area contributed by atoms with Crippen LogP contribution in [0.3, 0.4) is 0 Å². The van der Waals surface area contributed by atoms with Gasteiger partial charge in [0.1, 0.15) is 30.0 Å². The van der Waals surface area contributed by atoms with E-state index in [1.165, 1.54) is 7.11 Å². The highest BCUT2D eigenvalue weighted by atomic mass is 19.1. The van der Waals surface area contributed by atoms with Crippen LogP contribution in [0.4, 0.5) is 4.39 Å². The fourth-order valence-electron chi connectivity index (χ4n) is 5.86. The second kappa shape index (κ2) is 10.4. The highest BCUT2D eigenvalue weighted by Gasteiger charge is 2.35. The van der Waals surface area contributed by atoms with Crippen molar-refractivity contribution in [3.05, 3.63) is 64.2 Å². The van der Waals surface area contributed by atoms with Gasteiger partial charge in [-0.1, -0.05) is 13.0 Å². The molecule has 0 bridgehead atoms. The molecular weight excluding hydrogens is 515 g/mol. The van der Waals surface area contributed by atoms with Gasteiger partial charge < -0.3 is 23.7 Å². The molecule has 1 aliphatic carbocycles. The van der Waals surface area contributed by atoms with Gasteiger partial charge in [-0.15, -0.1) is 0 Å². The minimum absolute atomic E-state index is 0.0159. The maximum atomic E-state index is 15.0. The monoisotopic (exact) mass is 548 g/mol. The van der Waals surface area contributed by atoms with Gasteiger partial charge in [0.05, 0.1) is 44.7 Å². The number of esters is 1. The van der Waals surface area contributed by atoms with Crippen molar-refractivity contribution < 1.29 is 32.9 Å². The van der Waals surface area contributed by atoms with Gasteiger partial charge in [-0.05, 0) is 61.6 Å². The number of benzene rings is 2. The van der Waals surface area contributed by atoms with E-state index < -0.39 is 0 Å². The molecular formula is C31H33FN2O6. The zero-order valence-corrected chi connectivity index (χ0v) is 23.2. The Hall–Kier alpha value is -3.72. The zero-order valence-electron chi connectivity index (χ0n) is 23.2. The molecule has 8 nitrogen and oxygen atoms in total. The Balaban J connectivity index is 1.23. The van der Waals surface area contributed by atoms with Crippen molar-refractivity contribution in [2.75, 3.05) is 33.5 Å². The number of nitrogens with zero attached hydrogens (tertiary/aromatic N) is 2. The second-order valence-corrected chi connectivity index (χ2v) is 11.3. The number of hydrogen-bond donors (Lipinski definition) is 0. The van der Waals surface area contributed by atoms with Crippen molar-refractivity contribution >= 4 is 5.97 Å². The van der Waals surface area contributed by atoms with E-state index in [2.05, 4.69) is 16.9 Å². The van der Waals surface area contributed by atoms with Gasteiger partial charge in [0.2, 0.25) is 0 Å². The molecule has 0 spiro atoms. The summed E-state index contributed by atoms with van der Waals surface area (Å²) in [6.07, 6.45) is 1.43. The van der Waals surface area contributed by atoms with E-state index in [0.29, 0.717) is 43.9 Å². The minimum atomic E-state index is -0.329. The maximum absolute atomic E-state index is 15.0. The highest BCUT2D eigenvalue weighted by molar-refractivity contribution is 5.74. The fourth-order valence-corrected chi connectivity index (χ4v) is 5.86. The first-order chi connectivity index (χ1) is 19.2. The Labute approximate surface area is 232 Å². The van der Waals surface area contributed by atoms with Gasteiger partial charge in [0, 0.05) is 28.5 Å². The van der Waals surface area contributed by atoms with Gasteiger partial charge in [-0.25, -0.2) is 4.39 Å². The number of aryl methyl sites for hydroxylation is 2. The number of carbonyl (C=O) groups is 1. The van der Waals surface area contributed by atoms with E-state index in [9.17, 15) is 4.79 Å². The van der Waals surface area contributed by atoms with Crippen LogP contribution < -0.4 is 14.2 Å². The minimum Gasteiger partial charge on any atom is -0.492 e. The topological polar surface area (TPSA) is 89.0 Å². The van der Waals surface area contributed by atoms with Crippen molar-refractivity contribution in [1.82, 2.24) is 9.97 Å². The zero-order chi connectivity index (χ0) is 28.0. The number of methoxy groups -OCH3 is 1. The number of halogens is 1. The summed E-state index contributed by atoms with van der Waals surface area (Å²) in [5.74, 6) is 0.710. The predicted octanol–water partition coefficient (Wildman–Crippen LogP) is 5.42. The van der Waals surface area contributed by atoms with Gasteiger partial charge in [0.25, 0.3) is 0 Å². The van der Waals surface area contributed by atoms with Crippen LogP contribution in [0.2, 0.25) is 0 Å². The lowest BCUT2D eigenvalue weighted by Gasteiger charge is -2.37. The number of carbonyl (C=O) groups excluding carboxylic acids is 1. The molecule has 2 aromatic carbocycles. The summed E-state index contributed by atoms with van der Waals surface area (Å²) >= 11 is 0. The smallest absolute Gasteiger partial charge is 0.316 e. The third-order valence-corrected chi connectivity index (χ3v) is 8.01. The van der Waals surface area contributed by atoms with E-state index in [-0.39, 0.29) is 35.6 Å².